The molecule has 2 aliphatic heterocycles. The molecule has 5 heteroatoms. The van der Waals surface area contributed by atoms with Gasteiger partial charge in [0.15, 0.2) is 0 Å². The number of rotatable bonds is 2. The molecule has 0 aromatic rings. The van der Waals surface area contributed by atoms with Gasteiger partial charge in [-0.15, -0.1) is 0 Å². The summed E-state index contributed by atoms with van der Waals surface area (Å²) in [5.74, 6) is 0.719. The number of nitrogens with one attached hydrogen (secondary N) is 2. The van der Waals surface area contributed by atoms with Gasteiger partial charge >= 0.3 is 0 Å². The lowest BCUT2D eigenvalue weighted by Gasteiger charge is -2.25. The Balaban J connectivity index is 2.00. The number of amides is 2. The number of carbonyl (C=O) groups excluding carboxylic acids is 2. The van der Waals surface area contributed by atoms with Crippen molar-refractivity contribution in [3.8, 4) is 0 Å². The van der Waals surface area contributed by atoms with Crippen LogP contribution in [0.25, 0.3) is 0 Å². The van der Waals surface area contributed by atoms with E-state index in [1.165, 1.54) is 0 Å². The molecule has 18 heavy (non-hydrogen) atoms. The van der Waals surface area contributed by atoms with Crippen molar-refractivity contribution in [2.45, 2.75) is 20.3 Å². The first-order valence-electron chi connectivity index (χ1n) is 6.69. The Bertz CT molecular complexity index is 358. The number of carbonyl (C=O) groups is 2. The lowest BCUT2D eigenvalue weighted by Crippen LogP contribution is -2.42. The molecule has 2 rings (SSSR count). The molecular weight excluding hydrogens is 230 g/mol. The van der Waals surface area contributed by atoms with Gasteiger partial charge < -0.3 is 15.5 Å². The van der Waals surface area contributed by atoms with E-state index < -0.39 is 5.41 Å². The topological polar surface area (TPSA) is 61.4 Å². The molecular formula is C13H23N3O2. The fourth-order valence-electron chi connectivity index (χ4n) is 3.01. The Hall–Kier alpha value is -1.10. The SMILES string of the molecule is CNC(=O)C1(C)CCN(C(=O)[C@@H]2CNC[C@H]2C)C1. The fraction of sp³-hybridized carbons (Fsp3) is 0.846. The van der Waals surface area contributed by atoms with Crippen LogP contribution < -0.4 is 10.6 Å². The summed E-state index contributed by atoms with van der Waals surface area (Å²) in [7, 11) is 1.65. The molecule has 2 amide bonds. The van der Waals surface area contributed by atoms with Gasteiger partial charge in [0.25, 0.3) is 0 Å². The Kier molecular flexibility index (Phi) is 3.61. The van der Waals surface area contributed by atoms with E-state index in [0.717, 1.165) is 19.5 Å². The van der Waals surface area contributed by atoms with Gasteiger partial charge in [0.2, 0.25) is 11.8 Å². The maximum atomic E-state index is 12.4. The highest BCUT2D eigenvalue weighted by atomic mass is 16.2. The van der Waals surface area contributed by atoms with Crippen molar-refractivity contribution >= 4 is 11.8 Å². The Morgan fingerprint density at radius 3 is 2.67 bits per heavy atom. The first-order chi connectivity index (χ1) is 8.48. The summed E-state index contributed by atoms with van der Waals surface area (Å²) in [4.78, 5) is 26.1. The van der Waals surface area contributed by atoms with E-state index in [4.69, 9.17) is 0 Å². The molecule has 0 aliphatic carbocycles. The van der Waals surface area contributed by atoms with Gasteiger partial charge in [-0.25, -0.2) is 0 Å². The predicted octanol–water partition coefficient (Wildman–Crippen LogP) is -0.173. The lowest BCUT2D eigenvalue weighted by molar-refractivity contribution is -0.136. The molecule has 2 fully saturated rings. The summed E-state index contributed by atoms with van der Waals surface area (Å²) in [6.07, 6.45) is 0.757. The highest BCUT2D eigenvalue weighted by molar-refractivity contribution is 5.85. The molecule has 3 atom stereocenters. The molecule has 0 saturated carbocycles. The smallest absolute Gasteiger partial charge is 0.227 e. The summed E-state index contributed by atoms with van der Waals surface area (Å²) in [6, 6.07) is 0. The van der Waals surface area contributed by atoms with Gasteiger partial charge in [-0.2, -0.15) is 0 Å². The monoisotopic (exact) mass is 253 g/mol. The maximum Gasteiger partial charge on any atom is 0.227 e. The van der Waals surface area contributed by atoms with Crippen LogP contribution >= 0.6 is 0 Å². The quantitative estimate of drug-likeness (QED) is 0.718. The molecule has 5 nitrogen and oxygen atoms in total. The molecule has 0 bridgehead atoms. The largest absolute Gasteiger partial charge is 0.359 e. The van der Waals surface area contributed by atoms with E-state index in [2.05, 4.69) is 17.6 Å². The molecule has 1 unspecified atom stereocenters. The Labute approximate surface area is 108 Å². The van der Waals surface area contributed by atoms with Crippen molar-refractivity contribution in [2.24, 2.45) is 17.3 Å². The van der Waals surface area contributed by atoms with Crippen LogP contribution in [0.4, 0.5) is 0 Å². The molecule has 2 aliphatic rings. The molecule has 0 aromatic heterocycles. The van der Waals surface area contributed by atoms with Gasteiger partial charge in [0.05, 0.1) is 11.3 Å². The highest BCUT2D eigenvalue weighted by Gasteiger charge is 2.44. The highest BCUT2D eigenvalue weighted by Crippen LogP contribution is 2.32. The summed E-state index contributed by atoms with van der Waals surface area (Å²) in [6.45, 7) is 6.98. The van der Waals surface area contributed by atoms with Crippen molar-refractivity contribution in [2.75, 3.05) is 33.2 Å². The van der Waals surface area contributed by atoms with Crippen LogP contribution in [0.5, 0.6) is 0 Å². The summed E-state index contributed by atoms with van der Waals surface area (Å²) >= 11 is 0. The Morgan fingerprint density at radius 2 is 2.11 bits per heavy atom. The minimum Gasteiger partial charge on any atom is -0.359 e. The third kappa shape index (κ3) is 2.23. The van der Waals surface area contributed by atoms with Gasteiger partial charge in [0.1, 0.15) is 0 Å². The van der Waals surface area contributed by atoms with Gasteiger partial charge in [-0.1, -0.05) is 6.92 Å². The first kappa shape index (κ1) is 13.3. The third-order valence-electron chi connectivity index (χ3n) is 4.39. The summed E-state index contributed by atoms with van der Waals surface area (Å²) < 4.78 is 0. The maximum absolute atomic E-state index is 12.4. The van der Waals surface area contributed by atoms with Gasteiger partial charge in [-0.05, 0) is 25.8 Å². The minimum atomic E-state index is -0.417. The van der Waals surface area contributed by atoms with Crippen molar-refractivity contribution in [3.63, 3.8) is 0 Å². The van der Waals surface area contributed by atoms with Crippen molar-refractivity contribution in [1.82, 2.24) is 15.5 Å². The third-order valence-corrected chi connectivity index (χ3v) is 4.39. The zero-order valence-corrected chi connectivity index (χ0v) is 11.5. The number of nitrogens with zero attached hydrogens (tertiary/aromatic N) is 1. The van der Waals surface area contributed by atoms with Crippen LogP contribution in [0.15, 0.2) is 0 Å². The van der Waals surface area contributed by atoms with E-state index in [0.29, 0.717) is 19.0 Å². The summed E-state index contributed by atoms with van der Waals surface area (Å²) in [5.41, 5.74) is -0.417. The standard InChI is InChI=1S/C13H23N3O2/c1-9-6-15-7-10(9)11(17)16-5-4-13(2,8-16)12(18)14-3/h9-10,15H,4-8H2,1-3H3,(H,14,18)/t9-,10-,13?/m1/s1. The molecule has 102 valence electrons. The van der Waals surface area contributed by atoms with Crippen LogP contribution in [0.2, 0.25) is 0 Å². The van der Waals surface area contributed by atoms with Crippen LogP contribution in [-0.2, 0) is 9.59 Å². The van der Waals surface area contributed by atoms with Crippen LogP contribution in [0.1, 0.15) is 20.3 Å². The fourth-order valence-corrected chi connectivity index (χ4v) is 3.01. The molecule has 2 saturated heterocycles. The second-order valence-corrected chi connectivity index (χ2v) is 5.89. The van der Waals surface area contributed by atoms with Crippen molar-refractivity contribution in [3.05, 3.63) is 0 Å². The number of hydrogen-bond acceptors (Lipinski definition) is 3. The van der Waals surface area contributed by atoms with Crippen molar-refractivity contribution in [1.29, 1.82) is 0 Å². The second kappa shape index (κ2) is 4.88. The lowest BCUT2D eigenvalue weighted by atomic mass is 9.89. The van der Waals surface area contributed by atoms with E-state index >= 15 is 0 Å². The van der Waals surface area contributed by atoms with Crippen LogP contribution in [0, 0.1) is 17.3 Å². The molecule has 0 spiro atoms. The zero-order valence-electron chi connectivity index (χ0n) is 11.5. The average Bonchev–Trinajstić information content (AvgIpc) is 2.95. The van der Waals surface area contributed by atoms with Crippen LogP contribution in [-0.4, -0.2) is 49.9 Å². The molecule has 0 radical (unpaired) electrons. The molecule has 0 aromatic carbocycles. The number of hydrogen-bond donors (Lipinski definition) is 2. The normalized spacial score (nSPS) is 35.8. The van der Waals surface area contributed by atoms with Crippen molar-refractivity contribution < 1.29 is 9.59 Å². The van der Waals surface area contributed by atoms with E-state index in [1.807, 2.05) is 11.8 Å². The van der Waals surface area contributed by atoms with Crippen LogP contribution in [0.3, 0.4) is 0 Å². The first-order valence-corrected chi connectivity index (χ1v) is 6.69. The molecule has 2 N–H and O–H groups in total. The number of likely N-dealkylation sites (tertiary alicyclic amines) is 1. The average molecular weight is 253 g/mol. The van der Waals surface area contributed by atoms with E-state index in [9.17, 15) is 9.59 Å². The predicted molar refractivity (Wildman–Crippen MR) is 68.9 cm³/mol. The van der Waals surface area contributed by atoms with E-state index in [1.54, 1.807) is 7.05 Å². The minimum absolute atomic E-state index is 0.0374. The van der Waals surface area contributed by atoms with E-state index in [-0.39, 0.29) is 17.7 Å². The molecule has 2 heterocycles. The van der Waals surface area contributed by atoms with Gasteiger partial charge in [-0.3, -0.25) is 9.59 Å². The Morgan fingerprint density at radius 1 is 1.39 bits per heavy atom. The summed E-state index contributed by atoms with van der Waals surface area (Å²) in [5, 5.41) is 5.95. The second-order valence-electron chi connectivity index (χ2n) is 5.89. The zero-order chi connectivity index (χ0) is 13.3. The van der Waals surface area contributed by atoms with Gasteiger partial charge in [0, 0.05) is 26.7 Å².